The number of hydrogen-bond donors (Lipinski definition) is 2. The molecule has 0 amide bonds. The molecule has 0 aromatic heterocycles. The number of rotatable bonds is 4. The monoisotopic (exact) mass is 213 g/mol. The van der Waals surface area contributed by atoms with Gasteiger partial charge in [0.1, 0.15) is 10.7 Å². The van der Waals surface area contributed by atoms with Gasteiger partial charge < -0.3 is 5.73 Å². The Bertz CT molecular complexity index is 378. The van der Waals surface area contributed by atoms with Crippen molar-refractivity contribution in [2.75, 3.05) is 5.75 Å². The first-order chi connectivity index (χ1) is 6.61. The van der Waals surface area contributed by atoms with E-state index in [1.54, 1.807) is 30.3 Å². The summed E-state index contributed by atoms with van der Waals surface area (Å²) in [5.74, 6) is -0.645. The van der Waals surface area contributed by atoms with Crippen molar-refractivity contribution in [1.29, 1.82) is 0 Å². The van der Waals surface area contributed by atoms with Crippen LogP contribution in [0.3, 0.4) is 0 Å². The van der Waals surface area contributed by atoms with Gasteiger partial charge in [-0.05, 0) is 0 Å². The van der Waals surface area contributed by atoms with E-state index in [0.717, 1.165) is 0 Å². The number of carbonyl (C=O) groups excluding carboxylic acids is 1. The van der Waals surface area contributed by atoms with Gasteiger partial charge in [-0.1, -0.05) is 30.3 Å². The van der Waals surface area contributed by atoms with Crippen LogP contribution in [0.5, 0.6) is 0 Å². The molecule has 1 aromatic carbocycles. The van der Waals surface area contributed by atoms with Gasteiger partial charge in [0.05, 0.1) is 11.8 Å². The number of thiol groups is 1. The van der Waals surface area contributed by atoms with Gasteiger partial charge in [-0.2, -0.15) is 0 Å². The zero-order valence-electron chi connectivity index (χ0n) is 7.42. The molecule has 0 spiro atoms. The van der Waals surface area contributed by atoms with Crippen LogP contribution in [-0.4, -0.2) is 26.0 Å². The molecule has 76 valence electrons. The largest absolute Gasteiger partial charge is 0.320 e. The molecule has 5 heteroatoms. The second-order valence-electron chi connectivity index (χ2n) is 2.85. The van der Waals surface area contributed by atoms with Crippen LogP contribution in [0.25, 0.3) is 0 Å². The molecule has 0 fully saturated rings. The molecule has 0 heterocycles. The number of Topliss-reactive ketones (excluding diaryl/α,β-unsaturated/α-hetero) is 1. The topological polar surface area (TPSA) is 77.2 Å². The maximum atomic E-state index is 11.5. The molecule has 2 N–H and O–H groups in total. The highest BCUT2D eigenvalue weighted by atomic mass is 32.2. The Morgan fingerprint density at radius 1 is 1.29 bits per heavy atom. The average molecular weight is 213 g/mol. The van der Waals surface area contributed by atoms with Crippen LogP contribution in [0.15, 0.2) is 30.3 Å². The van der Waals surface area contributed by atoms with Crippen molar-refractivity contribution in [2.45, 2.75) is 6.04 Å². The standard InChI is InChI=1S/C9H11NO3S/c10-8(6-14(12)13)9(11)7-4-2-1-3-5-7/h1-5,8,14H,6,10H2. The normalized spacial score (nSPS) is 12.7. The van der Waals surface area contributed by atoms with E-state index in [4.69, 9.17) is 5.73 Å². The van der Waals surface area contributed by atoms with Gasteiger partial charge in [-0.15, -0.1) is 0 Å². The number of benzene rings is 1. The molecule has 0 bridgehead atoms. The molecule has 4 nitrogen and oxygen atoms in total. The Hall–Kier alpha value is -1.20. The third-order valence-corrected chi connectivity index (χ3v) is 2.43. The predicted molar refractivity (Wildman–Crippen MR) is 53.9 cm³/mol. The van der Waals surface area contributed by atoms with Crippen molar-refractivity contribution in [3.8, 4) is 0 Å². The van der Waals surface area contributed by atoms with E-state index in [9.17, 15) is 13.2 Å². The molecule has 0 aliphatic heterocycles. The van der Waals surface area contributed by atoms with E-state index in [-0.39, 0.29) is 11.5 Å². The van der Waals surface area contributed by atoms with Crippen molar-refractivity contribution >= 4 is 16.5 Å². The minimum atomic E-state index is -2.61. The van der Waals surface area contributed by atoms with E-state index < -0.39 is 16.7 Å². The Labute approximate surface area is 83.7 Å². The summed E-state index contributed by atoms with van der Waals surface area (Å²) in [4.78, 5) is 11.5. The zero-order chi connectivity index (χ0) is 10.6. The molecule has 0 aliphatic rings. The van der Waals surface area contributed by atoms with Crippen LogP contribution in [0, 0.1) is 0 Å². The fraction of sp³-hybridized carbons (Fsp3) is 0.222. The fourth-order valence-corrected chi connectivity index (χ4v) is 1.55. The number of ketones is 1. The van der Waals surface area contributed by atoms with E-state index in [0.29, 0.717) is 5.56 Å². The van der Waals surface area contributed by atoms with Gasteiger partial charge in [0, 0.05) is 5.56 Å². The Balaban J connectivity index is 2.76. The Morgan fingerprint density at radius 3 is 2.36 bits per heavy atom. The van der Waals surface area contributed by atoms with Crippen LogP contribution in [0.1, 0.15) is 10.4 Å². The average Bonchev–Trinajstić information content (AvgIpc) is 2.17. The molecule has 14 heavy (non-hydrogen) atoms. The Kier molecular flexibility index (Phi) is 3.79. The number of nitrogens with two attached hydrogens (primary N) is 1. The first-order valence-corrected chi connectivity index (χ1v) is 5.44. The molecule has 1 unspecified atom stereocenters. The summed E-state index contributed by atoms with van der Waals surface area (Å²) < 4.78 is 20.7. The Morgan fingerprint density at radius 2 is 1.86 bits per heavy atom. The lowest BCUT2D eigenvalue weighted by Gasteiger charge is -2.05. The summed E-state index contributed by atoms with van der Waals surface area (Å²) in [6.07, 6.45) is 0. The van der Waals surface area contributed by atoms with Gasteiger partial charge in [0.15, 0.2) is 5.78 Å². The van der Waals surface area contributed by atoms with Crippen molar-refractivity contribution in [1.82, 2.24) is 0 Å². The van der Waals surface area contributed by atoms with Crippen LogP contribution < -0.4 is 5.73 Å². The van der Waals surface area contributed by atoms with Gasteiger partial charge in [-0.25, -0.2) is 8.42 Å². The van der Waals surface area contributed by atoms with E-state index in [1.165, 1.54) is 0 Å². The van der Waals surface area contributed by atoms with E-state index >= 15 is 0 Å². The van der Waals surface area contributed by atoms with Gasteiger partial charge in [0.25, 0.3) is 0 Å². The molecule has 0 aliphatic carbocycles. The number of hydrogen-bond acceptors (Lipinski definition) is 4. The summed E-state index contributed by atoms with van der Waals surface area (Å²) in [5, 5.41) is 0. The zero-order valence-corrected chi connectivity index (χ0v) is 8.31. The molecular weight excluding hydrogens is 202 g/mol. The highest BCUT2D eigenvalue weighted by Crippen LogP contribution is 2.02. The minimum Gasteiger partial charge on any atom is -0.320 e. The van der Waals surface area contributed by atoms with Crippen molar-refractivity contribution < 1.29 is 13.2 Å². The fourth-order valence-electron chi connectivity index (χ4n) is 1.06. The van der Waals surface area contributed by atoms with Crippen LogP contribution in [-0.2, 0) is 10.7 Å². The van der Waals surface area contributed by atoms with Crippen molar-refractivity contribution in [3.05, 3.63) is 35.9 Å². The summed E-state index contributed by atoms with van der Waals surface area (Å²) in [5.41, 5.74) is 5.86. The third kappa shape index (κ3) is 2.93. The van der Waals surface area contributed by atoms with Gasteiger partial charge in [-0.3, -0.25) is 4.79 Å². The van der Waals surface area contributed by atoms with Crippen LogP contribution >= 0.6 is 0 Å². The molecular formula is C9H11NO3S. The summed E-state index contributed by atoms with van der Waals surface area (Å²) in [7, 11) is -2.61. The van der Waals surface area contributed by atoms with E-state index in [2.05, 4.69) is 0 Å². The molecule has 1 aromatic rings. The first kappa shape index (κ1) is 10.9. The van der Waals surface area contributed by atoms with Gasteiger partial charge >= 0.3 is 0 Å². The minimum absolute atomic E-state index is 0.303. The summed E-state index contributed by atoms with van der Waals surface area (Å²) in [6, 6.07) is 7.45. The summed E-state index contributed by atoms with van der Waals surface area (Å²) in [6.45, 7) is 0. The SMILES string of the molecule is NC(C[SH](=O)=O)C(=O)c1ccccc1. The highest BCUT2D eigenvalue weighted by Gasteiger charge is 2.15. The smallest absolute Gasteiger partial charge is 0.180 e. The quantitative estimate of drug-likeness (QED) is 0.536. The van der Waals surface area contributed by atoms with Crippen molar-refractivity contribution in [3.63, 3.8) is 0 Å². The third-order valence-electron chi connectivity index (χ3n) is 1.74. The van der Waals surface area contributed by atoms with Crippen LogP contribution in [0.4, 0.5) is 0 Å². The second kappa shape index (κ2) is 4.88. The molecule has 1 atom stereocenters. The molecule has 0 radical (unpaired) electrons. The lowest BCUT2D eigenvalue weighted by molar-refractivity contribution is 0.0969. The number of carbonyl (C=O) groups is 1. The lowest BCUT2D eigenvalue weighted by Crippen LogP contribution is -2.34. The molecule has 0 saturated carbocycles. The first-order valence-electron chi connectivity index (χ1n) is 4.08. The maximum Gasteiger partial charge on any atom is 0.180 e. The second-order valence-corrected chi connectivity index (χ2v) is 3.88. The highest BCUT2D eigenvalue weighted by molar-refractivity contribution is 7.72. The molecule has 0 saturated heterocycles. The van der Waals surface area contributed by atoms with Crippen molar-refractivity contribution in [2.24, 2.45) is 5.73 Å². The predicted octanol–water partition coefficient (Wildman–Crippen LogP) is -0.192. The lowest BCUT2D eigenvalue weighted by atomic mass is 10.1. The summed E-state index contributed by atoms with van der Waals surface area (Å²) >= 11 is 0. The van der Waals surface area contributed by atoms with E-state index in [1.807, 2.05) is 0 Å². The van der Waals surface area contributed by atoms with Crippen LogP contribution in [0.2, 0.25) is 0 Å². The maximum absolute atomic E-state index is 11.5. The van der Waals surface area contributed by atoms with Gasteiger partial charge in [0.2, 0.25) is 0 Å². The molecule has 1 rings (SSSR count).